The maximum Gasteiger partial charge on any atom is 0 e. The van der Waals surface area contributed by atoms with Crippen LogP contribution in [0.1, 0.15) is 0 Å². The molecule has 0 radical (unpaired) electrons. The van der Waals surface area contributed by atoms with Gasteiger partial charge in [0.05, 0.1) is 0 Å². The Labute approximate surface area is 116 Å². The van der Waals surface area contributed by atoms with E-state index in [0.29, 0.717) is 0 Å². The second kappa shape index (κ2) is 8.34. The summed E-state index contributed by atoms with van der Waals surface area (Å²) >= 11 is 0. The summed E-state index contributed by atoms with van der Waals surface area (Å²) in [7, 11) is 0. The van der Waals surface area contributed by atoms with Crippen LogP contribution < -0.4 is 24.8 Å². The summed E-state index contributed by atoms with van der Waals surface area (Å²) in [6.45, 7) is 0. The molecule has 0 heterocycles. The monoisotopic (exact) mass is 391 g/mol. The first-order valence-electron chi connectivity index (χ1n) is 3.74. The van der Waals surface area contributed by atoms with Crippen LogP contribution in [0.4, 0.5) is 0 Å². The van der Waals surface area contributed by atoms with Gasteiger partial charge in [-0.25, -0.2) is 0 Å². The maximum atomic E-state index is 2.12. The Morgan fingerprint density at radius 1 is 0.714 bits per heavy atom. The first-order chi connectivity index (χ1) is 5.47. The maximum absolute atomic E-state index is 2.12. The minimum absolute atomic E-state index is 0. The molecule has 2 rings (SSSR count). The molecule has 0 nitrogen and oxygen atoms in total. The Kier molecular flexibility index (Phi) is 9.80. The molecule has 0 N–H and O–H groups in total. The Balaban J connectivity index is 0. The van der Waals surface area contributed by atoms with Crippen molar-refractivity contribution in [1.82, 2.24) is 0 Å². The van der Waals surface area contributed by atoms with Crippen LogP contribution in [-0.2, 0) is 25.8 Å². The van der Waals surface area contributed by atoms with E-state index in [-0.39, 0.29) is 50.7 Å². The smallest absolute Gasteiger partial charge is 0 e. The van der Waals surface area contributed by atoms with Gasteiger partial charge in [-0.3, -0.25) is 0 Å². The summed E-state index contributed by atoms with van der Waals surface area (Å²) in [4.78, 5) is 0. The molecule has 14 heavy (non-hydrogen) atoms. The third-order valence-electron chi connectivity index (χ3n) is 1.77. The Morgan fingerprint density at radius 2 is 1.21 bits per heavy atom. The van der Waals surface area contributed by atoms with Gasteiger partial charge in [0.1, 0.15) is 0 Å². The normalized spacial score (nSPS) is 7.71. The van der Waals surface area contributed by atoms with Gasteiger partial charge >= 0.3 is 0 Å². The molecule has 0 aromatic heterocycles. The first-order valence-corrected chi connectivity index (χ1v) is 3.74. The second-order valence-corrected chi connectivity index (χ2v) is 2.54. The predicted molar refractivity (Wildman–Crippen MR) is 47.5 cm³/mol. The molecule has 0 aliphatic carbocycles. The molecule has 2 aromatic rings. The summed E-state index contributed by atoms with van der Waals surface area (Å²) in [5, 5.41) is 0. The van der Waals surface area contributed by atoms with Crippen molar-refractivity contribution in [2.45, 2.75) is 0 Å². The van der Waals surface area contributed by atoms with Gasteiger partial charge in [-0.2, -0.15) is 12.1 Å². The number of halogens is 2. The SMILES string of the molecule is [Cl-].[Cl-].[Hf].c1ccc(-[c-]2cccc2)cc1. The molecule has 2 aromatic carbocycles. The van der Waals surface area contributed by atoms with Crippen molar-refractivity contribution in [3.05, 3.63) is 54.6 Å². The Bertz CT molecular complexity index is 316. The summed E-state index contributed by atoms with van der Waals surface area (Å²) in [6.07, 6.45) is 0. The number of hydrogen-bond acceptors (Lipinski definition) is 0. The average Bonchev–Trinajstić information content (AvgIpc) is 2.58. The van der Waals surface area contributed by atoms with E-state index < -0.39 is 0 Å². The number of hydrogen-bond donors (Lipinski definition) is 0. The fourth-order valence-corrected chi connectivity index (χ4v) is 1.20. The van der Waals surface area contributed by atoms with E-state index in [1.54, 1.807) is 0 Å². The molecule has 0 aliphatic rings. The molecule has 0 unspecified atom stereocenters. The van der Waals surface area contributed by atoms with Gasteiger partial charge in [0, 0.05) is 25.8 Å². The Morgan fingerprint density at radius 3 is 1.71 bits per heavy atom. The van der Waals surface area contributed by atoms with Crippen molar-refractivity contribution in [3.63, 3.8) is 0 Å². The summed E-state index contributed by atoms with van der Waals surface area (Å²) < 4.78 is 0. The Hall–Kier alpha value is 0.0201. The van der Waals surface area contributed by atoms with Gasteiger partial charge in [0.2, 0.25) is 0 Å². The molecule has 3 heteroatoms. The van der Waals surface area contributed by atoms with Crippen molar-refractivity contribution >= 4 is 0 Å². The average molecular weight is 391 g/mol. The van der Waals surface area contributed by atoms with Crippen molar-refractivity contribution in [1.29, 1.82) is 0 Å². The van der Waals surface area contributed by atoms with Crippen LogP contribution in [0, 0.1) is 0 Å². The van der Waals surface area contributed by atoms with Crippen LogP contribution in [-0.4, -0.2) is 0 Å². The third kappa shape index (κ3) is 4.04. The van der Waals surface area contributed by atoms with Gasteiger partial charge < -0.3 is 24.8 Å². The molecule has 0 spiro atoms. The second-order valence-electron chi connectivity index (χ2n) is 2.54. The van der Waals surface area contributed by atoms with Crippen LogP contribution in [0.5, 0.6) is 0 Å². The van der Waals surface area contributed by atoms with Crippen LogP contribution in [0.3, 0.4) is 0 Å². The zero-order valence-corrected chi connectivity index (χ0v) is 12.6. The fraction of sp³-hybridized carbons (Fsp3) is 0. The van der Waals surface area contributed by atoms with E-state index in [1.165, 1.54) is 11.1 Å². The fourth-order valence-electron chi connectivity index (χ4n) is 1.20. The molecule has 0 amide bonds. The molecule has 0 saturated heterocycles. The van der Waals surface area contributed by atoms with Gasteiger partial charge in [0.15, 0.2) is 0 Å². The first kappa shape index (κ1) is 16.4. The zero-order valence-electron chi connectivity index (χ0n) is 7.45. The molecular weight excluding hydrogens is 382 g/mol. The van der Waals surface area contributed by atoms with E-state index in [4.69, 9.17) is 0 Å². The summed E-state index contributed by atoms with van der Waals surface area (Å²) in [5.41, 5.74) is 2.59. The quantitative estimate of drug-likeness (QED) is 0.362. The van der Waals surface area contributed by atoms with Gasteiger partial charge in [-0.15, -0.1) is 29.8 Å². The predicted octanol–water partition coefficient (Wildman–Crippen LogP) is -2.92. The topological polar surface area (TPSA) is 0 Å². The molecule has 0 saturated carbocycles. The zero-order chi connectivity index (χ0) is 7.52. The van der Waals surface area contributed by atoms with Gasteiger partial charge in [0.25, 0.3) is 0 Å². The van der Waals surface area contributed by atoms with E-state index in [1.807, 2.05) is 6.07 Å². The van der Waals surface area contributed by atoms with Crippen LogP contribution >= 0.6 is 0 Å². The number of rotatable bonds is 1. The van der Waals surface area contributed by atoms with Crippen LogP contribution in [0.25, 0.3) is 11.1 Å². The minimum Gasteiger partial charge on any atom is -1.00 e. The summed E-state index contributed by atoms with van der Waals surface area (Å²) in [6, 6.07) is 18.7. The van der Waals surface area contributed by atoms with Crippen LogP contribution in [0.15, 0.2) is 54.6 Å². The van der Waals surface area contributed by atoms with E-state index >= 15 is 0 Å². The molecule has 0 fully saturated rings. The standard InChI is InChI=1S/C11H9.2ClH.Hf/c1-2-6-10(7-3-1)11-8-4-5-9-11;;;/h1-9H;2*1H;/q-1;;;/p-2. The van der Waals surface area contributed by atoms with E-state index in [0.717, 1.165) is 0 Å². The number of benzene rings is 1. The molecular formula is C11H9Cl2Hf-3. The van der Waals surface area contributed by atoms with Crippen molar-refractivity contribution < 1.29 is 50.7 Å². The molecule has 0 atom stereocenters. The van der Waals surface area contributed by atoms with Crippen molar-refractivity contribution in [2.75, 3.05) is 0 Å². The van der Waals surface area contributed by atoms with Crippen LogP contribution in [0.2, 0.25) is 0 Å². The molecule has 74 valence electrons. The van der Waals surface area contributed by atoms with Gasteiger partial charge in [-0.05, 0) is 0 Å². The minimum atomic E-state index is 0. The largest absolute Gasteiger partial charge is 1.00 e. The van der Waals surface area contributed by atoms with Gasteiger partial charge in [-0.1, -0.05) is 23.8 Å². The van der Waals surface area contributed by atoms with E-state index in [2.05, 4.69) is 48.5 Å². The van der Waals surface area contributed by atoms with E-state index in [9.17, 15) is 0 Å². The molecule has 0 aliphatic heterocycles. The summed E-state index contributed by atoms with van der Waals surface area (Å²) in [5.74, 6) is 0. The van der Waals surface area contributed by atoms with Crippen molar-refractivity contribution in [3.8, 4) is 11.1 Å². The third-order valence-corrected chi connectivity index (χ3v) is 1.77. The van der Waals surface area contributed by atoms with Crippen molar-refractivity contribution in [2.24, 2.45) is 0 Å². The molecule has 0 bridgehead atoms.